The molecule has 0 radical (unpaired) electrons. The van der Waals surface area contributed by atoms with Crippen LogP contribution >= 0.6 is 0 Å². The lowest BCUT2D eigenvalue weighted by molar-refractivity contribution is 1.47. The molecule has 7 rings (SSSR count). The van der Waals surface area contributed by atoms with Crippen molar-refractivity contribution in [1.82, 2.24) is 0 Å². The predicted octanol–water partition coefficient (Wildman–Crippen LogP) is 12.1. The van der Waals surface area contributed by atoms with Crippen LogP contribution in [-0.4, -0.2) is 16.1 Å². The molecule has 2 aliphatic carbocycles. The van der Waals surface area contributed by atoms with Crippen LogP contribution in [0.2, 0.25) is 39.3 Å². The summed E-state index contributed by atoms with van der Waals surface area (Å²) in [6.07, 6.45) is 0. The van der Waals surface area contributed by atoms with E-state index < -0.39 is 16.1 Å². The van der Waals surface area contributed by atoms with Crippen LogP contribution in [0.5, 0.6) is 0 Å². The van der Waals surface area contributed by atoms with Crippen LogP contribution in [0.25, 0.3) is 64.2 Å². The number of rotatable bonds is 6. The largest absolute Gasteiger partial charge is 0.238 e. The minimum Gasteiger partial charge on any atom is -0.238 e. The molecule has 10 heteroatoms. The molecule has 5 aromatic rings. The zero-order valence-electron chi connectivity index (χ0n) is 34.8. The SMILES string of the molecule is [C-]#[N+]C1=C(c2ccc([Si](C)(C)C)cc2)/C(=C(\[N+]#[C-])c2cc(C#N)cc([N+]#[C-])c2)c2cc3c(cc21)C(C#N)=C(c1ccc([Si](C)(C)C)cc1)C3=C(C#N)c1cc(C#N)cc([N+]#[C-])c1. The van der Waals surface area contributed by atoms with Gasteiger partial charge in [0, 0.05) is 27.8 Å². The van der Waals surface area contributed by atoms with Crippen molar-refractivity contribution in [2.24, 2.45) is 0 Å². The number of nitrogens with zero attached hydrogens (tertiary/aromatic N) is 8. The van der Waals surface area contributed by atoms with E-state index in [0.717, 1.165) is 0 Å². The molecule has 0 spiro atoms. The van der Waals surface area contributed by atoms with Crippen molar-refractivity contribution in [2.45, 2.75) is 39.3 Å². The molecule has 0 bridgehead atoms. The van der Waals surface area contributed by atoms with E-state index in [0.29, 0.717) is 66.8 Å². The number of fused-ring (bicyclic) bond motifs is 2. The van der Waals surface area contributed by atoms with Crippen molar-refractivity contribution in [2.75, 3.05) is 0 Å². The molecule has 0 saturated heterocycles. The Labute approximate surface area is 364 Å². The Bertz CT molecular complexity index is 3020. The molecule has 0 aliphatic heterocycles. The number of benzene rings is 5. The van der Waals surface area contributed by atoms with E-state index in [9.17, 15) is 21.0 Å². The number of allylic oxidation sites excluding steroid dienone is 6. The number of hydrogen-bond acceptors (Lipinski definition) is 4. The molecular weight excluding hydrogens is 793 g/mol. The van der Waals surface area contributed by atoms with E-state index >= 15 is 0 Å². The molecule has 5 aromatic carbocycles. The van der Waals surface area contributed by atoms with E-state index in [1.165, 1.54) is 22.5 Å². The maximum absolute atomic E-state index is 11.1. The van der Waals surface area contributed by atoms with Gasteiger partial charge in [-0.1, -0.05) is 116 Å². The maximum Gasteiger partial charge on any atom is 0.201 e. The van der Waals surface area contributed by atoms with Crippen molar-refractivity contribution in [1.29, 1.82) is 21.0 Å². The Kier molecular flexibility index (Phi) is 10.6. The highest BCUT2D eigenvalue weighted by Crippen LogP contribution is 2.56. The summed E-state index contributed by atoms with van der Waals surface area (Å²) in [5.41, 5.74) is 7.41. The lowest BCUT2D eigenvalue weighted by atomic mass is 9.87. The maximum atomic E-state index is 11.1. The van der Waals surface area contributed by atoms with Crippen LogP contribution < -0.4 is 10.4 Å². The summed E-state index contributed by atoms with van der Waals surface area (Å²) < 4.78 is 0. The zero-order valence-corrected chi connectivity index (χ0v) is 36.8. The predicted molar refractivity (Wildman–Crippen MR) is 252 cm³/mol. The lowest BCUT2D eigenvalue weighted by Crippen LogP contribution is -2.37. The molecule has 0 amide bonds. The van der Waals surface area contributed by atoms with E-state index in [1.54, 1.807) is 30.3 Å². The minimum atomic E-state index is -1.74. The van der Waals surface area contributed by atoms with Crippen molar-refractivity contribution < 1.29 is 0 Å². The first-order valence-electron chi connectivity index (χ1n) is 19.4. The molecule has 0 fully saturated rings. The summed E-state index contributed by atoms with van der Waals surface area (Å²) in [6, 6.07) is 37.9. The molecule has 0 aromatic heterocycles. The van der Waals surface area contributed by atoms with E-state index in [2.05, 4.69) is 107 Å². The standard InChI is InChI=1S/C52H34N8Si2/c1-57-37-21-31(27-53)19-35(23-37)45(29-55)49-42-26-43-44(25-41(42)46(30-56)47(49)33-11-15-39(16-12-33)61(5,6)7)52(60-4)48(34-13-17-40(18-14-34)62(8,9)10)50(43)51(59-3)36-20-32(28-54)22-38(24-36)58-2/h11-26H,5-10H3/b49-45?,51-50-. The highest BCUT2D eigenvalue weighted by Gasteiger charge is 2.38. The van der Waals surface area contributed by atoms with Crippen LogP contribution in [0.4, 0.5) is 11.4 Å². The van der Waals surface area contributed by atoms with Gasteiger partial charge in [-0.15, -0.1) is 0 Å². The van der Waals surface area contributed by atoms with Crippen LogP contribution in [0, 0.1) is 71.6 Å². The number of hydrogen-bond donors (Lipinski definition) is 0. The molecule has 290 valence electrons. The summed E-state index contributed by atoms with van der Waals surface area (Å²) in [6.45, 7) is 46.3. The quantitative estimate of drug-likeness (QED) is 0.0963. The van der Waals surface area contributed by atoms with Gasteiger partial charge in [0.2, 0.25) is 5.70 Å². The third kappa shape index (κ3) is 7.13. The minimum absolute atomic E-state index is 0.124. The second-order valence-corrected chi connectivity index (χ2v) is 27.1. The van der Waals surface area contributed by atoms with Crippen LogP contribution in [0.3, 0.4) is 0 Å². The molecule has 62 heavy (non-hydrogen) atoms. The molecule has 0 unspecified atom stereocenters. The highest BCUT2D eigenvalue weighted by atomic mass is 28.3. The first-order chi connectivity index (χ1) is 29.6. The normalized spacial score (nSPS) is 14.4. The first kappa shape index (κ1) is 41.6. The fourth-order valence-electron chi connectivity index (χ4n) is 8.07. The Morgan fingerprint density at radius 3 is 1.44 bits per heavy atom. The molecule has 8 nitrogen and oxygen atoms in total. The fourth-order valence-corrected chi connectivity index (χ4v) is 10.4. The molecule has 0 atom stereocenters. The Morgan fingerprint density at radius 1 is 0.500 bits per heavy atom. The molecule has 0 saturated carbocycles. The molecule has 0 heterocycles. The number of nitriles is 4. The summed E-state index contributed by atoms with van der Waals surface area (Å²) in [4.78, 5) is 15.3. The summed E-state index contributed by atoms with van der Waals surface area (Å²) in [5.74, 6) is 0. The van der Waals surface area contributed by atoms with Gasteiger partial charge in [0.25, 0.3) is 0 Å². The van der Waals surface area contributed by atoms with Gasteiger partial charge in [0.05, 0.1) is 65.7 Å². The summed E-state index contributed by atoms with van der Waals surface area (Å²) in [5, 5.41) is 44.6. The highest BCUT2D eigenvalue weighted by molar-refractivity contribution is 6.89. The lowest BCUT2D eigenvalue weighted by Gasteiger charge is -2.19. The van der Waals surface area contributed by atoms with Gasteiger partial charge < -0.3 is 0 Å². The fraction of sp³-hybridized carbons (Fsp3) is 0.115. The van der Waals surface area contributed by atoms with Gasteiger partial charge in [-0.25, -0.2) is 19.4 Å². The summed E-state index contributed by atoms with van der Waals surface area (Å²) >= 11 is 0. The van der Waals surface area contributed by atoms with Crippen molar-refractivity contribution >= 4 is 82.7 Å². The van der Waals surface area contributed by atoms with Gasteiger partial charge in [-0.2, -0.15) is 21.0 Å². The molecule has 2 aliphatic rings. The zero-order chi connectivity index (χ0) is 44.7. The summed E-state index contributed by atoms with van der Waals surface area (Å²) in [7, 11) is -3.47. The first-order valence-corrected chi connectivity index (χ1v) is 26.4. The smallest absolute Gasteiger partial charge is 0.201 e. The van der Waals surface area contributed by atoms with E-state index in [4.69, 9.17) is 26.3 Å². The van der Waals surface area contributed by atoms with Gasteiger partial charge >= 0.3 is 0 Å². The average molecular weight is 827 g/mol. The third-order valence-electron chi connectivity index (χ3n) is 11.1. The van der Waals surface area contributed by atoms with Gasteiger partial charge in [0.15, 0.2) is 17.1 Å². The second kappa shape index (κ2) is 15.9. The van der Waals surface area contributed by atoms with Crippen molar-refractivity contribution in [3.63, 3.8) is 0 Å². The topological polar surface area (TPSA) is 113 Å². The molecule has 0 N–H and O–H groups in total. The Hall–Kier alpha value is -8.59. The third-order valence-corrected chi connectivity index (χ3v) is 15.3. The van der Waals surface area contributed by atoms with Crippen molar-refractivity contribution in [3.8, 4) is 24.3 Å². The Balaban J connectivity index is 1.65. The van der Waals surface area contributed by atoms with Crippen LogP contribution in [-0.2, 0) is 0 Å². The molecular formula is C52H34N8Si2. The van der Waals surface area contributed by atoms with E-state index in [1.807, 2.05) is 30.3 Å². The van der Waals surface area contributed by atoms with Crippen molar-refractivity contribution in [3.05, 3.63) is 198 Å². The Morgan fingerprint density at radius 2 is 0.984 bits per heavy atom. The van der Waals surface area contributed by atoms with E-state index in [-0.39, 0.29) is 45.0 Å². The van der Waals surface area contributed by atoms with Gasteiger partial charge in [0.1, 0.15) is 12.1 Å². The second-order valence-electron chi connectivity index (χ2n) is 17.0. The van der Waals surface area contributed by atoms with Gasteiger partial charge in [-0.3, -0.25) is 0 Å². The van der Waals surface area contributed by atoms with Gasteiger partial charge in [-0.05, 0) is 80.4 Å². The monoisotopic (exact) mass is 826 g/mol. The van der Waals surface area contributed by atoms with Crippen LogP contribution in [0.15, 0.2) is 97.1 Å². The average Bonchev–Trinajstić information content (AvgIpc) is 3.76. The van der Waals surface area contributed by atoms with Crippen LogP contribution in [0.1, 0.15) is 55.6 Å².